The molecule has 4 aromatic rings. The second-order valence-electron chi connectivity index (χ2n) is 5.01. The molecular weight excluding hydrogens is 232 g/mol. The smallest absolute Gasteiger partial charge is 0.0810 e. The summed E-state index contributed by atoms with van der Waals surface area (Å²) in [6.07, 6.45) is 2.08. The van der Waals surface area contributed by atoms with Crippen molar-refractivity contribution in [1.29, 1.82) is 0 Å². The van der Waals surface area contributed by atoms with Gasteiger partial charge in [0.2, 0.25) is 0 Å². The van der Waals surface area contributed by atoms with E-state index in [0.717, 1.165) is 11.0 Å². The van der Waals surface area contributed by atoms with Crippen molar-refractivity contribution in [1.82, 2.24) is 4.98 Å². The summed E-state index contributed by atoms with van der Waals surface area (Å²) in [5, 5.41) is 4.89. The lowest BCUT2D eigenvalue weighted by molar-refractivity contribution is 1.44. The van der Waals surface area contributed by atoms with Gasteiger partial charge in [-0.1, -0.05) is 30.3 Å². The zero-order chi connectivity index (χ0) is 12.4. The highest BCUT2D eigenvalue weighted by Gasteiger charge is 2.17. The molecule has 19 heavy (non-hydrogen) atoms. The van der Waals surface area contributed by atoms with Crippen LogP contribution in [0.25, 0.3) is 32.8 Å². The van der Waals surface area contributed by atoms with Crippen LogP contribution in [-0.2, 0) is 0 Å². The highest BCUT2D eigenvalue weighted by molar-refractivity contribution is 6.11. The summed E-state index contributed by atoms with van der Waals surface area (Å²) in [5.41, 5.74) is 4.74. The lowest BCUT2D eigenvalue weighted by atomic mass is 9.99. The Labute approximate surface area is 109 Å². The molecule has 0 atom stereocenters. The lowest BCUT2D eigenvalue weighted by Gasteiger charge is -2.02. The average molecular weight is 242 g/mol. The molecule has 1 aromatic heterocycles. The summed E-state index contributed by atoms with van der Waals surface area (Å²) < 4.78 is 0. The van der Waals surface area contributed by atoms with E-state index in [0.29, 0.717) is 0 Å². The van der Waals surface area contributed by atoms with Crippen LogP contribution >= 0.6 is 0 Å². The SMILES string of the molecule is c1ccc2c(c1)N=c1c-2cc2cccc3[nH]cc1c23. The van der Waals surface area contributed by atoms with Gasteiger partial charge < -0.3 is 4.98 Å². The fourth-order valence-electron chi connectivity index (χ4n) is 3.13. The highest BCUT2D eigenvalue weighted by atomic mass is 14.8. The molecule has 1 N–H and O–H groups in total. The monoisotopic (exact) mass is 242 g/mol. The number of hydrogen-bond donors (Lipinski definition) is 1. The van der Waals surface area contributed by atoms with Crippen LogP contribution in [0.3, 0.4) is 0 Å². The highest BCUT2D eigenvalue weighted by Crippen LogP contribution is 2.36. The minimum absolute atomic E-state index is 1.07. The number of aromatic amines is 1. The van der Waals surface area contributed by atoms with Crippen LogP contribution in [0.2, 0.25) is 0 Å². The zero-order valence-electron chi connectivity index (χ0n) is 10.1. The number of rotatable bonds is 0. The van der Waals surface area contributed by atoms with Crippen molar-refractivity contribution in [3.8, 4) is 11.1 Å². The number of H-pyrrole nitrogens is 1. The van der Waals surface area contributed by atoms with Gasteiger partial charge in [0.1, 0.15) is 0 Å². The van der Waals surface area contributed by atoms with Gasteiger partial charge >= 0.3 is 0 Å². The van der Waals surface area contributed by atoms with E-state index in [1.807, 2.05) is 6.07 Å². The maximum Gasteiger partial charge on any atom is 0.0810 e. The Kier molecular flexibility index (Phi) is 1.49. The Hall–Kier alpha value is -2.61. The molecule has 0 saturated heterocycles. The number of nitrogens with zero attached hydrogens (tertiary/aromatic N) is 1. The average Bonchev–Trinajstić information content (AvgIpc) is 3.02. The summed E-state index contributed by atoms with van der Waals surface area (Å²) >= 11 is 0. The third kappa shape index (κ3) is 1.04. The van der Waals surface area contributed by atoms with Crippen molar-refractivity contribution in [2.75, 3.05) is 0 Å². The van der Waals surface area contributed by atoms with E-state index in [1.54, 1.807) is 0 Å². The molecule has 1 aliphatic rings. The fraction of sp³-hybridized carbons (Fsp3) is 0. The van der Waals surface area contributed by atoms with Crippen molar-refractivity contribution in [2.45, 2.75) is 0 Å². The van der Waals surface area contributed by atoms with Crippen LogP contribution in [0.5, 0.6) is 0 Å². The lowest BCUT2D eigenvalue weighted by Crippen LogP contribution is -2.01. The molecule has 0 aliphatic carbocycles. The van der Waals surface area contributed by atoms with Crippen molar-refractivity contribution < 1.29 is 0 Å². The first-order chi connectivity index (χ1) is 9.42. The first-order valence-electron chi connectivity index (χ1n) is 6.42. The number of fused-ring (bicyclic) bond motifs is 4. The van der Waals surface area contributed by atoms with Crippen LogP contribution in [0, 0.1) is 0 Å². The molecule has 0 bridgehead atoms. The van der Waals surface area contributed by atoms with Gasteiger partial charge in [-0.25, -0.2) is 4.99 Å². The molecule has 2 nitrogen and oxygen atoms in total. The third-order valence-electron chi connectivity index (χ3n) is 3.97. The molecule has 5 rings (SSSR count). The molecule has 2 heterocycles. The minimum Gasteiger partial charge on any atom is -0.360 e. The normalized spacial score (nSPS) is 12.6. The Balaban J connectivity index is 2.09. The van der Waals surface area contributed by atoms with Gasteiger partial charge in [-0.15, -0.1) is 0 Å². The first-order valence-corrected chi connectivity index (χ1v) is 6.42. The molecule has 88 valence electrons. The van der Waals surface area contributed by atoms with Crippen molar-refractivity contribution in [3.63, 3.8) is 0 Å². The van der Waals surface area contributed by atoms with Crippen LogP contribution in [0.15, 0.2) is 59.7 Å². The van der Waals surface area contributed by atoms with E-state index in [2.05, 4.69) is 53.6 Å². The number of nitrogens with one attached hydrogen (secondary N) is 1. The van der Waals surface area contributed by atoms with Crippen molar-refractivity contribution >= 4 is 27.4 Å². The standard InChI is InChI=1S/C17H10N2/c1-2-6-14-11(5-1)12-8-10-4-3-7-15-16(10)13(9-18-15)17(12)19-14/h1-9,18H. The van der Waals surface area contributed by atoms with Gasteiger partial charge in [0.05, 0.1) is 11.0 Å². The van der Waals surface area contributed by atoms with Crippen molar-refractivity contribution in [3.05, 3.63) is 60.1 Å². The minimum atomic E-state index is 1.07. The van der Waals surface area contributed by atoms with E-state index < -0.39 is 0 Å². The van der Waals surface area contributed by atoms with Gasteiger partial charge in [-0.2, -0.15) is 0 Å². The molecule has 2 heteroatoms. The van der Waals surface area contributed by atoms with Gasteiger partial charge in [0, 0.05) is 33.6 Å². The zero-order valence-corrected chi connectivity index (χ0v) is 10.1. The number of benzene rings is 3. The number of hydrogen-bond acceptors (Lipinski definition) is 1. The van der Waals surface area contributed by atoms with Crippen LogP contribution in [0.1, 0.15) is 0 Å². The topological polar surface area (TPSA) is 28.1 Å². The predicted octanol–water partition coefficient (Wildman–Crippen LogP) is 3.97. The van der Waals surface area contributed by atoms with Gasteiger partial charge in [0.15, 0.2) is 0 Å². The van der Waals surface area contributed by atoms with Crippen LogP contribution in [0.4, 0.5) is 5.69 Å². The van der Waals surface area contributed by atoms with Gasteiger partial charge in [0.25, 0.3) is 0 Å². The number of para-hydroxylation sites is 1. The molecule has 0 spiro atoms. The Morgan fingerprint density at radius 2 is 1.84 bits per heavy atom. The molecule has 3 aromatic carbocycles. The van der Waals surface area contributed by atoms with E-state index in [9.17, 15) is 0 Å². The summed E-state index contributed by atoms with van der Waals surface area (Å²) in [7, 11) is 0. The summed E-state index contributed by atoms with van der Waals surface area (Å²) in [5.74, 6) is 0. The second-order valence-corrected chi connectivity index (χ2v) is 5.01. The summed E-state index contributed by atoms with van der Waals surface area (Å²) in [4.78, 5) is 8.14. The van der Waals surface area contributed by atoms with Gasteiger partial charge in [-0.05, 0) is 23.6 Å². The third-order valence-corrected chi connectivity index (χ3v) is 3.97. The summed E-state index contributed by atoms with van der Waals surface area (Å²) in [6, 6.07) is 17.0. The van der Waals surface area contributed by atoms with E-state index in [-0.39, 0.29) is 0 Å². The Morgan fingerprint density at radius 3 is 2.84 bits per heavy atom. The maximum atomic E-state index is 4.80. The molecule has 0 unspecified atom stereocenters. The Bertz CT molecular complexity index is 1010. The molecule has 0 amide bonds. The maximum absolute atomic E-state index is 4.80. The van der Waals surface area contributed by atoms with E-state index in [4.69, 9.17) is 4.99 Å². The molecule has 0 fully saturated rings. The van der Waals surface area contributed by atoms with Crippen LogP contribution < -0.4 is 5.36 Å². The molecule has 1 aliphatic heterocycles. The number of aromatic nitrogens is 1. The quantitative estimate of drug-likeness (QED) is 0.425. The van der Waals surface area contributed by atoms with E-state index in [1.165, 1.54) is 32.8 Å². The van der Waals surface area contributed by atoms with Crippen LogP contribution in [-0.4, -0.2) is 4.98 Å². The Morgan fingerprint density at radius 1 is 0.895 bits per heavy atom. The van der Waals surface area contributed by atoms with E-state index >= 15 is 0 Å². The predicted molar refractivity (Wildman–Crippen MR) is 77.6 cm³/mol. The molecule has 0 saturated carbocycles. The van der Waals surface area contributed by atoms with Gasteiger partial charge in [-0.3, -0.25) is 0 Å². The first kappa shape index (κ1) is 9.34. The van der Waals surface area contributed by atoms with Crippen molar-refractivity contribution in [2.24, 2.45) is 4.99 Å². The largest absolute Gasteiger partial charge is 0.360 e. The molecular formula is C17H10N2. The second kappa shape index (κ2) is 3.04. The fourth-order valence-corrected chi connectivity index (χ4v) is 3.13. The molecule has 0 radical (unpaired) electrons. The summed E-state index contributed by atoms with van der Waals surface area (Å²) in [6.45, 7) is 0.